The first-order chi connectivity index (χ1) is 17.9. The van der Waals surface area contributed by atoms with Gasteiger partial charge in [0.15, 0.2) is 5.82 Å². The van der Waals surface area contributed by atoms with Crippen LogP contribution in [0.1, 0.15) is 20.8 Å². The number of fused-ring (bicyclic) bond motifs is 2. The lowest BCUT2D eigenvalue weighted by Crippen LogP contribution is -2.27. The van der Waals surface area contributed by atoms with Crippen LogP contribution in [-0.2, 0) is 4.79 Å². The predicted octanol–water partition coefficient (Wildman–Crippen LogP) is 6.21. The summed E-state index contributed by atoms with van der Waals surface area (Å²) in [7, 11) is 0. The molecule has 0 saturated heterocycles. The first kappa shape index (κ1) is 22.6. The van der Waals surface area contributed by atoms with E-state index in [0.29, 0.717) is 11.5 Å². The second-order valence-electron chi connectivity index (χ2n) is 10.0. The number of hydrogen-bond acceptors (Lipinski definition) is 5. The van der Waals surface area contributed by atoms with Gasteiger partial charge in [-0.05, 0) is 35.9 Å². The van der Waals surface area contributed by atoms with Crippen molar-refractivity contribution in [3.05, 3.63) is 79.4 Å². The molecule has 4 heterocycles. The molecule has 0 aliphatic carbocycles. The number of pyridine rings is 2. The number of imidazole rings is 1. The first-order valence-electron chi connectivity index (χ1n) is 12.0. The fourth-order valence-corrected chi connectivity index (χ4v) is 4.26. The van der Waals surface area contributed by atoms with Crippen molar-refractivity contribution in [1.82, 2.24) is 30.1 Å². The normalized spacial score (nSPS) is 11.8. The van der Waals surface area contributed by atoms with E-state index in [1.807, 2.05) is 75.5 Å². The lowest BCUT2D eigenvalue weighted by molar-refractivity contribution is -0.123. The van der Waals surface area contributed by atoms with Crippen LogP contribution in [0.3, 0.4) is 0 Å². The van der Waals surface area contributed by atoms with Crippen molar-refractivity contribution in [2.24, 2.45) is 5.41 Å². The maximum absolute atomic E-state index is 12.4. The fourth-order valence-electron chi connectivity index (χ4n) is 4.26. The molecule has 0 unspecified atom stereocenters. The van der Waals surface area contributed by atoms with E-state index in [-0.39, 0.29) is 5.91 Å². The standard InChI is InChI=1S/C29H25N7O/c1-29(2,3)28(37)32-20-12-19(15-31-16-20)17-9-10-23-22(13-17)26(36-35-23)27-33-24-8-4-7-21(25(24)34-27)18-6-5-11-30-14-18/h4-16H,1-3H3,(H,32,37)(H,33,34)(H,35,36). The number of benzene rings is 2. The van der Waals surface area contributed by atoms with Crippen molar-refractivity contribution in [1.29, 1.82) is 0 Å². The summed E-state index contributed by atoms with van der Waals surface area (Å²) in [5.41, 5.74) is 7.45. The molecule has 3 N–H and O–H groups in total. The number of carbonyl (C=O) groups excluding carboxylic acids is 1. The highest BCUT2D eigenvalue weighted by Gasteiger charge is 2.21. The minimum atomic E-state index is -0.496. The van der Waals surface area contributed by atoms with Gasteiger partial charge in [0.25, 0.3) is 0 Å². The summed E-state index contributed by atoms with van der Waals surface area (Å²) < 4.78 is 0. The molecule has 0 saturated carbocycles. The van der Waals surface area contributed by atoms with Crippen molar-refractivity contribution >= 4 is 33.5 Å². The molecule has 8 heteroatoms. The van der Waals surface area contributed by atoms with Gasteiger partial charge in [-0.3, -0.25) is 19.9 Å². The smallest absolute Gasteiger partial charge is 0.229 e. The predicted molar refractivity (Wildman–Crippen MR) is 146 cm³/mol. The molecule has 0 bridgehead atoms. The highest BCUT2D eigenvalue weighted by atomic mass is 16.2. The van der Waals surface area contributed by atoms with Gasteiger partial charge in [0, 0.05) is 46.1 Å². The summed E-state index contributed by atoms with van der Waals surface area (Å²) in [6.45, 7) is 5.64. The summed E-state index contributed by atoms with van der Waals surface area (Å²) in [6, 6.07) is 18.0. The first-order valence-corrected chi connectivity index (χ1v) is 12.0. The number of aromatic amines is 2. The zero-order valence-electron chi connectivity index (χ0n) is 20.7. The zero-order valence-corrected chi connectivity index (χ0v) is 20.7. The Hall–Kier alpha value is -4.85. The number of nitrogens with zero attached hydrogens (tertiary/aromatic N) is 4. The van der Waals surface area contributed by atoms with Crippen LogP contribution < -0.4 is 5.32 Å². The van der Waals surface area contributed by atoms with Gasteiger partial charge in [-0.25, -0.2) is 4.98 Å². The number of H-pyrrole nitrogens is 2. The third-order valence-corrected chi connectivity index (χ3v) is 6.28. The van der Waals surface area contributed by atoms with Gasteiger partial charge in [0.05, 0.1) is 28.4 Å². The minimum absolute atomic E-state index is 0.0606. The van der Waals surface area contributed by atoms with Gasteiger partial charge in [-0.2, -0.15) is 5.10 Å². The molecule has 6 rings (SSSR count). The van der Waals surface area contributed by atoms with Crippen LogP contribution in [0.5, 0.6) is 0 Å². The highest BCUT2D eigenvalue weighted by Crippen LogP contribution is 2.33. The van der Waals surface area contributed by atoms with Crippen LogP contribution in [0.2, 0.25) is 0 Å². The van der Waals surface area contributed by atoms with E-state index in [2.05, 4.69) is 36.5 Å². The number of rotatable bonds is 4. The van der Waals surface area contributed by atoms with Gasteiger partial charge in [0.2, 0.25) is 5.91 Å². The monoisotopic (exact) mass is 487 g/mol. The van der Waals surface area contributed by atoms with E-state index in [9.17, 15) is 4.79 Å². The molecule has 0 spiro atoms. The molecule has 6 aromatic rings. The van der Waals surface area contributed by atoms with Crippen molar-refractivity contribution < 1.29 is 4.79 Å². The summed E-state index contributed by atoms with van der Waals surface area (Å²) in [5.74, 6) is 0.619. The molecule has 37 heavy (non-hydrogen) atoms. The van der Waals surface area contributed by atoms with Crippen molar-refractivity contribution in [2.45, 2.75) is 20.8 Å². The molecule has 0 fully saturated rings. The van der Waals surface area contributed by atoms with Gasteiger partial charge < -0.3 is 10.3 Å². The number of aromatic nitrogens is 6. The van der Waals surface area contributed by atoms with E-state index in [4.69, 9.17) is 4.98 Å². The number of amides is 1. The summed E-state index contributed by atoms with van der Waals surface area (Å²) in [5, 5.41) is 11.6. The number of hydrogen-bond donors (Lipinski definition) is 3. The van der Waals surface area contributed by atoms with E-state index in [0.717, 1.165) is 49.9 Å². The van der Waals surface area contributed by atoms with Crippen LogP contribution in [-0.4, -0.2) is 36.0 Å². The number of anilines is 1. The Morgan fingerprint density at radius 1 is 0.865 bits per heavy atom. The molecule has 0 aliphatic rings. The van der Waals surface area contributed by atoms with Crippen molar-refractivity contribution in [3.63, 3.8) is 0 Å². The van der Waals surface area contributed by atoms with E-state index < -0.39 is 5.41 Å². The summed E-state index contributed by atoms with van der Waals surface area (Å²) >= 11 is 0. The fraction of sp³-hybridized carbons (Fsp3) is 0.138. The topological polar surface area (TPSA) is 112 Å². The SMILES string of the molecule is CC(C)(C)C(=O)Nc1cncc(-c2ccc3[nH]nc(-c4nc5c(-c6cccnc6)cccc5[nH]4)c3c2)c1. The molecular weight excluding hydrogens is 462 g/mol. The second kappa shape index (κ2) is 8.67. The Kier molecular flexibility index (Phi) is 5.30. The van der Waals surface area contributed by atoms with Crippen LogP contribution in [0.25, 0.3) is 55.7 Å². The lowest BCUT2D eigenvalue weighted by Gasteiger charge is -2.17. The molecule has 0 aliphatic heterocycles. The van der Waals surface area contributed by atoms with Gasteiger partial charge in [0.1, 0.15) is 5.69 Å². The van der Waals surface area contributed by atoms with Crippen LogP contribution in [0, 0.1) is 5.41 Å². The quantitative estimate of drug-likeness (QED) is 0.273. The number of para-hydroxylation sites is 1. The summed E-state index contributed by atoms with van der Waals surface area (Å²) in [6.07, 6.45) is 7.04. The Morgan fingerprint density at radius 2 is 1.73 bits per heavy atom. The third kappa shape index (κ3) is 4.23. The molecule has 0 radical (unpaired) electrons. The Balaban J connectivity index is 1.40. The summed E-state index contributed by atoms with van der Waals surface area (Å²) in [4.78, 5) is 29.4. The molecular formula is C29H25N7O. The molecule has 0 atom stereocenters. The Labute approximate surface area is 213 Å². The van der Waals surface area contributed by atoms with E-state index in [1.165, 1.54) is 0 Å². The maximum Gasteiger partial charge on any atom is 0.229 e. The van der Waals surface area contributed by atoms with Crippen molar-refractivity contribution in [3.8, 4) is 33.8 Å². The number of carbonyl (C=O) groups is 1. The van der Waals surface area contributed by atoms with Gasteiger partial charge in [-0.1, -0.05) is 45.0 Å². The number of nitrogens with one attached hydrogen (secondary N) is 3. The van der Waals surface area contributed by atoms with Gasteiger partial charge in [-0.15, -0.1) is 0 Å². The van der Waals surface area contributed by atoms with Crippen molar-refractivity contribution in [2.75, 3.05) is 5.32 Å². The largest absolute Gasteiger partial charge is 0.337 e. The zero-order chi connectivity index (χ0) is 25.6. The van der Waals surface area contributed by atoms with Crippen LogP contribution >= 0.6 is 0 Å². The third-order valence-electron chi connectivity index (χ3n) is 6.28. The molecule has 4 aromatic heterocycles. The maximum atomic E-state index is 12.4. The molecule has 8 nitrogen and oxygen atoms in total. The average Bonchev–Trinajstić information content (AvgIpc) is 3.52. The molecule has 1 amide bonds. The molecule has 2 aromatic carbocycles. The van der Waals surface area contributed by atoms with Gasteiger partial charge >= 0.3 is 0 Å². The van der Waals surface area contributed by atoms with E-state index in [1.54, 1.807) is 18.6 Å². The van der Waals surface area contributed by atoms with Crippen LogP contribution in [0.4, 0.5) is 5.69 Å². The van der Waals surface area contributed by atoms with Crippen LogP contribution in [0.15, 0.2) is 79.4 Å². The Morgan fingerprint density at radius 3 is 2.54 bits per heavy atom. The second-order valence-corrected chi connectivity index (χ2v) is 10.0. The minimum Gasteiger partial charge on any atom is -0.337 e. The lowest BCUT2D eigenvalue weighted by atomic mass is 9.95. The average molecular weight is 488 g/mol. The van der Waals surface area contributed by atoms with E-state index >= 15 is 0 Å². The Bertz CT molecular complexity index is 1760. The highest BCUT2D eigenvalue weighted by molar-refractivity contribution is 5.99. The molecule has 182 valence electrons.